The van der Waals surface area contributed by atoms with Crippen LogP contribution in [0.4, 0.5) is 0 Å². The second kappa shape index (κ2) is 6.54. The molecule has 2 fully saturated rings. The van der Waals surface area contributed by atoms with Gasteiger partial charge in [0.15, 0.2) is 0 Å². The van der Waals surface area contributed by atoms with E-state index in [2.05, 4.69) is 25.7 Å². The standard InChI is InChI=1S/C9H17NO.C2H6.CH4.B/c1-9(2,3)10-5-8-4-7(10)6-11-8;1-2;;/h7-8H,4-6H2,1-3H3;1-2H3;1H4;. The van der Waals surface area contributed by atoms with E-state index in [4.69, 9.17) is 4.74 Å². The normalized spacial score (nSPS) is 28.6. The fraction of sp³-hybridized carbons (Fsp3) is 1.00. The lowest BCUT2D eigenvalue weighted by Gasteiger charge is -2.38. The predicted octanol–water partition coefficient (Wildman–Crippen LogP) is 2.54. The van der Waals surface area contributed by atoms with Crippen LogP contribution in [0.2, 0.25) is 0 Å². The van der Waals surface area contributed by atoms with Gasteiger partial charge in [0.25, 0.3) is 0 Å². The summed E-state index contributed by atoms with van der Waals surface area (Å²) in [6, 6.07) is 0.708. The Morgan fingerprint density at radius 2 is 1.73 bits per heavy atom. The molecule has 0 saturated carbocycles. The van der Waals surface area contributed by atoms with Gasteiger partial charge in [-0.2, -0.15) is 0 Å². The minimum absolute atomic E-state index is 0. The van der Waals surface area contributed by atoms with Crippen molar-refractivity contribution < 1.29 is 4.74 Å². The molecule has 0 aromatic carbocycles. The molecule has 2 unspecified atom stereocenters. The molecule has 0 spiro atoms. The molecule has 0 N–H and O–H groups in total. The fourth-order valence-corrected chi connectivity index (χ4v) is 2.22. The largest absolute Gasteiger partial charge is 0.375 e. The van der Waals surface area contributed by atoms with E-state index in [1.54, 1.807) is 0 Å². The zero-order valence-corrected chi connectivity index (χ0v) is 10.2. The monoisotopic (exact) mass is 212 g/mol. The maximum Gasteiger partial charge on any atom is 0.0718 e. The van der Waals surface area contributed by atoms with Crippen LogP contribution in [-0.4, -0.2) is 44.1 Å². The van der Waals surface area contributed by atoms with Gasteiger partial charge < -0.3 is 4.74 Å². The highest BCUT2D eigenvalue weighted by molar-refractivity contribution is 5.75. The summed E-state index contributed by atoms with van der Waals surface area (Å²) in [4.78, 5) is 2.57. The molecule has 0 aromatic rings. The SMILES string of the molecule is C.CC.CC(C)(C)N1CC2CC1CO2.[B]. The maximum absolute atomic E-state index is 5.54. The molecule has 2 rings (SSSR count). The molecule has 3 radical (unpaired) electrons. The van der Waals surface area contributed by atoms with E-state index in [0.717, 1.165) is 13.2 Å². The highest BCUT2D eigenvalue weighted by Crippen LogP contribution is 2.33. The highest BCUT2D eigenvalue weighted by atomic mass is 16.5. The van der Waals surface area contributed by atoms with Crippen LogP contribution in [0.1, 0.15) is 48.5 Å². The molecule has 2 bridgehead atoms. The smallest absolute Gasteiger partial charge is 0.0718 e. The molecular formula is C12H27BNO. The van der Waals surface area contributed by atoms with E-state index in [-0.39, 0.29) is 15.8 Å². The number of hydrogen-bond acceptors (Lipinski definition) is 2. The maximum atomic E-state index is 5.54. The van der Waals surface area contributed by atoms with Crippen LogP contribution in [0.25, 0.3) is 0 Å². The van der Waals surface area contributed by atoms with Gasteiger partial charge in [-0.15, -0.1) is 0 Å². The second-order valence-corrected chi connectivity index (χ2v) is 4.67. The van der Waals surface area contributed by atoms with Gasteiger partial charge in [0, 0.05) is 26.5 Å². The second-order valence-electron chi connectivity index (χ2n) is 4.67. The van der Waals surface area contributed by atoms with Crippen LogP contribution in [0, 0.1) is 0 Å². The van der Waals surface area contributed by atoms with Gasteiger partial charge in [-0.3, -0.25) is 4.90 Å². The first-order chi connectivity index (χ1) is 6.07. The lowest BCUT2D eigenvalue weighted by molar-refractivity contribution is -0.00804. The molecule has 2 aliphatic heterocycles. The highest BCUT2D eigenvalue weighted by Gasteiger charge is 2.43. The van der Waals surface area contributed by atoms with Crippen molar-refractivity contribution in [2.24, 2.45) is 0 Å². The van der Waals surface area contributed by atoms with Gasteiger partial charge in [-0.05, 0) is 27.2 Å². The van der Waals surface area contributed by atoms with Gasteiger partial charge >= 0.3 is 0 Å². The summed E-state index contributed by atoms with van der Waals surface area (Å²) in [6.45, 7) is 13.0. The topological polar surface area (TPSA) is 12.5 Å². The minimum Gasteiger partial charge on any atom is -0.375 e. The third-order valence-corrected chi connectivity index (χ3v) is 2.76. The molecule has 2 aliphatic rings. The summed E-state index contributed by atoms with van der Waals surface area (Å²) in [7, 11) is 0. The Morgan fingerprint density at radius 3 is 1.93 bits per heavy atom. The summed E-state index contributed by atoms with van der Waals surface area (Å²) in [5.74, 6) is 0. The molecule has 15 heavy (non-hydrogen) atoms. The van der Waals surface area contributed by atoms with Crippen LogP contribution in [0.15, 0.2) is 0 Å². The minimum atomic E-state index is 0. The van der Waals surface area contributed by atoms with Crippen molar-refractivity contribution in [2.45, 2.75) is 66.2 Å². The van der Waals surface area contributed by atoms with Crippen molar-refractivity contribution in [1.82, 2.24) is 4.90 Å². The molecule has 2 saturated heterocycles. The van der Waals surface area contributed by atoms with Gasteiger partial charge in [0.2, 0.25) is 0 Å². The van der Waals surface area contributed by atoms with E-state index < -0.39 is 0 Å². The van der Waals surface area contributed by atoms with Gasteiger partial charge in [0.05, 0.1) is 12.7 Å². The van der Waals surface area contributed by atoms with Gasteiger partial charge in [-0.1, -0.05) is 21.3 Å². The lowest BCUT2D eigenvalue weighted by atomic mass is 10.1. The van der Waals surface area contributed by atoms with Crippen molar-refractivity contribution >= 4 is 8.41 Å². The first-order valence-electron chi connectivity index (χ1n) is 5.46. The molecule has 3 heteroatoms. The molecular weight excluding hydrogens is 185 g/mol. The zero-order valence-electron chi connectivity index (χ0n) is 10.2. The summed E-state index contributed by atoms with van der Waals surface area (Å²) >= 11 is 0. The molecule has 2 nitrogen and oxygen atoms in total. The Labute approximate surface area is 97.9 Å². The van der Waals surface area contributed by atoms with Crippen LogP contribution in [-0.2, 0) is 4.74 Å². The fourth-order valence-electron chi connectivity index (χ4n) is 2.22. The Hall–Kier alpha value is -0.0151. The van der Waals surface area contributed by atoms with Gasteiger partial charge in [-0.25, -0.2) is 0 Å². The number of morpholine rings is 1. The number of nitrogens with zero attached hydrogens (tertiary/aromatic N) is 1. The number of rotatable bonds is 0. The first kappa shape index (κ1) is 17.4. The summed E-state index contributed by atoms with van der Waals surface area (Å²) in [5.41, 5.74) is 0.337. The zero-order chi connectivity index (χ0) is 10.1. The average Bonchev–Trinajstić information content (AvgIpc) is 2.66. The summed E-state index contributed by atoms with van der Waals surface area (Å²) in [5, 5.41) is 0. The van der Waals surface area contributed by atoms with E-state index in [1.807, 2.05) is 13.8 Å². The van der Waals surface area contributed by atoms with Crippen molar-refractivity contribution in [3.63, 3.8) is 0 Å². The van der Waals surface area contributed by atoms with Crippen LogP contribution in [0.3, 0.4) is 0 Å². The predicted molar refractivity (Wildman–Crippen MR) is 68.4 cm³/mol. The lowest BCUT2D eigenvalue weighted by Crippen LogP contribution is -2.48. The van der Waals surface area contributed by atoms with Crippen molar-refractivity contribution in [1.29, 1.82) is 0 Å². The van der Waals surface area contributed by atoms with Gasteiger partial charge in [0.1, 0.15) is 0 Å². The molecule has 0 aliphatic carbocycles. The Kier molecular flexibility index (Phi) is 7.58. The Bertz CT molecular complexity index is 167. The molecule has 0 amide bonds. The molecule has 89 valence electrons. The number of hydrogen-bond donors (Lipinski definition) is 0. The van der Waals surface area contributed by atoms with Crippen LogP contribution >= 0.6 is 0 Å². The average molecular weight is 212 g/mol. The molecule has 2 atom stereocenters. The third kappa shape index (κ3) is 3.80. The first-order valence-corrected chi connectivity index (χ1v) is 5.46. The van der Waals surface area contributed by atoms with E-state index in [1.165, 1.54) is 6.42 Å². The Morgan fingerprint density at radius 1 is 1.20 bits per heavy atom. The van der Waals surface area contributed by atoms with Crippen molar-refractivity contribution in [2.75, 3.05) is 13.2 Å². The molecule has 2 heterocycles. The third-order valence-electron chi connectivity index (χ3n) is 2.76. The number of fused-ring (bicyclic) bond motifs is 2. The summed E-state index contributed by atoms with van der Waals surface area (Å²) < 4.78 is 5.54. The quantitative estimate of drug-likeness (QED) is 0.572. The van der Waals surface area contributed by atoms with Crippen LogP contribution in [0.5, 0.6) is 0 Å². The summed E-state index contributed by atoms with van der Waals surface area (Å²) in [6.07, 6.45) is 1.80. The van der Waals surface area contributed by atoms with E-state index >= 15 is 0 Å². The van der Waals surface area contributed by atoms with Crippen molar-refractivity contribution in [3.05, 3.63) is 0 Å². The van der Waals surface area contributed by atoms with E-state index in [0.29, 0.717) is 17.7 Å². The van der Waals surface area contributed by atoms with Crippen LogP contribution < -0.4 is 0 Å². The molecule has 0 aromatic heterocycles. The van der Waals surface area contributed by atoms with E-state index in [9.17, 15) is 0 Å². The number of ether oxygens (including phenoxy) is 1. The Balaban J connectivity index is 0. The van der Waals surface area contributed by atoms with Crippen molar-refractivity contribution in [3.8, 4) is 0 Å². The number of likely N-dealkylation sites (tertiary alicyclic amines) is 1.